The van der Waals surface area contributed by atoms with Crippen molar-refractivity contribution in [3.8, 4) is 11.1 Å². The molecular weight excluding hydrogens is 394 g/mol. The topological polar surface area (TPSA) is 94.9 Å². The highest BCUT2D eigenvalue weighted by Gasteiger charge is 2.25. The number of nitrogens with zero attached hydrogens (tertiary/aromatic N) is 1. The van der Waals surface area contributed by atoms with Crippen molar-refractivity contribution >= 4 is 28.6 Å². The van der Waals surface area contributed by atoms with Gasteiger partial charge in [-0.15, -0.1) is 0 Å². The number of rotatable bonds is 8. The Balaban J connectivity index is 1.87. The highest BCUT2D eigenvalue weighted by molar-refractivity contribution is 5.90. The molecular formula is C25H25NO5. The Kier molecular flexibility index (Phi) is 6.70. The molecule has 160 valence electrons. The Labute approximate surface area is 180 Å². The number of aliphatic carboxylic acids is 1. The SMILES string of the molecule is CCCC(=O)N(Cc1ccc2cc(-c3ccc(C(=O)O)cc3)ccc2c1)C(C)C(=O)O. The summed E-state index contributed by atoms with van der Waals surface area (Å²) in [4.78, 5) is 36.3. The summed E-state index contributed by atoms with van der Waals surface area (Å²) < 4.78 is 0. The van der Waals surface area contributed by atoms with E-state index >= 15 is 0 Å². The van der Waals surface area contributed by atoms with Crippen molar-refractivity contribution < 1.29 is 24.6 Å². The van der Waals surface area contributed by atoms with Crippen LogP contribution in [-0.4, -0.2) is 39.0 Å². The van der Waals surface area contributed by atoms with Crippen molar-refractivity contribution in [1.29, 1.82) is 0 Å². The van der Waals surface area contributed by atoms with E-state index in [0.717, 1.165) is 27.5 Å². The molecule has 0 aromatic heterocycles. The first kappa shape index (κ1) is 22.0. The lowest BCUT2D eigenvalue weighted by molar-refractivity contribution is -0.150. The lowest BCUT2D eigenvalue weighted by atomic mass is 9.99. The van der Waals surface area contributed by atoms with E-state index in [4.69, 9.17) is 5.11 Å². The molecule has 31 heavy (non-hydrogen) atoms. The maximum absolute atomic E-state index is 12.5. The number of fused-ring (bicyclic) bond motifs is 1. The second-order valence-corrected chi connectivity index (χ2v) is 7.56. The van der Waals surface area contributed by atoms with E-state index in [0.29, 0.717) is 12.8 Å². The number of amides is 1. The van der Waals surface area contributed by atoms with Crippen molar-refractivity contribution in [3.63, 3.8) is 0 Å². The molecule has 0 saturated carbocycles. The van der Waals surface area contributed by atoms with E-state index < -0.39 is 18.0 Å². The molecule has 1 atom stereocenters. The fourth-order valence-electron chi connectivity index (χ4n) is 3.51. The van der Waals surface area contributed by atoms with Crippen molar-refractivity contribution in [2.75, 3.05) is 0 Å². The molecule has 0 saturated heterocycles. The minimum atomic E-state index is -1.02. The summed E-state index contributed by atoms with van der Waals surface area (Å²) >= 11 is 0. The molecule has 3 rings (SSSR count). The van der Waals surface area contributed by atoms with Gasteiger partial charge in [0.1, 0.15) is 6.04 Å². The molecule has 0 spiro atoms. The van der Waals surface area contributed by atoms with Gasteiger partial charge in [-0.05, 0) is 65.1 Å². The predicted molar refractivity (Wildman–Crippen MR) is 119 cm³/mol. The summed E-state index contributed by atoms with van der Waals surface area (Å²) in [6, 6.07) is 17.6. The third-order valence-electron chi connectivity index (χ3n) is 5.33. The van der Waals surface area contributed by atoms with Gasteiger partial charge < -0.3 is 15.1 Å². The van der Waals surface area contributed by atoms with Gasteiger partial charge >= 0.3 is 11.9 Å². The Morgan fingerprint density at radius 1 is 0.871 bits per heavy atom. The molecule has 3 aromatic carbocycles. The minimum Gasteiger partial charge on any atom is -0.480 e. The molecule has 2 N–H and O–H groups in total. The second kappa shape index (κ2) is 9.43. The number of carboxylic acids is 2. The average molecular weight is 419 g/mol. The third kappa shape index (κ3) is 5.09. The van der Waals surface area contributed by atoms with Crippen molar-refractivity contribution in [2.24, 2.45) is 0 Å². The molecule has 0 bridgehead atoms. The molecule has 6 nitrogen and oxygen atoms in total. The maximum atomic E-state index is 12.5. The molecule has 3 aromatic rings. The summed E-state index contributed by atoms with van der Waals surface area (Å²) in [5.74, 6) is -2.15. The van der Waals surface area contributed by atoms with Crippen LogP contribution in [-0.2, 0) is 16.1 Å². The van der Waals surface area contributed by atoms with Crippen LogP contribution in [0.1, 0.15) is 42.6 Å². The van der Waals surface area contributed by atoms with Crippen LogP contribution in [0.5, 0.6) is 0 Å². The van der Waals surface area contributed by atoms with Crippen LogP contribution in [0.3, 0.4) is 0 Å². The van der Waals surface area contributed by atoms with Crippen molar-refractivity contribution in [3.05, 3.63) is 71.8 Å². The van der Waals surface area contributed by atoms with Crippen LogP contribution in [0.2, 0.25) is 0 Å². The Morgan fingerprint density at radius 2 is 1.48 bits per heavy atom. The third-order valence-corrected chi connectivity index (χ3v) is 5.33. The average Bonchev–Trinajstić information content (AvgIpc) is 2.76. The van der Waals surface area contributed by atoms with E-state index in [1.54, 1.807) is 24.3 Å². The van der Waals surface area contributed by atoms with E-state index in [-0.39, 0.29) is 18.0 Å². The van der Waals surface area contributed by atoms with Gasteiger partial charge in [0.05, 0.1) is 5.56 Å². The molecule has 0 radical (unpaired) electrons. The fourth-order valence-corrected chi connectivity index (χ4v) is 3.51. The van der Waals surface area contributed by atoms with Gasteiger partial charge in [-0.3, -0.25) is 4.79 Å². The zero-order valence-electron chi connectivity index (χ0n) is 17.5. The number of hydrogen-bond acceptors (Lipinski definition) is 3. The van der Waals surface area contributed by atoms with Crippen molar-refractivity contribution in [1.82, 2.24) is 4.90 Å². The van der Waals surface area contributed by atoms with Crippen LogP contribution in [0.15, 0.2) is 60.7 Å². The zero-order chi connectivity index (χ0) is 22.5. The van der Waals surface area contributed by atoms with Gasteiger partial charge in [0.2, 0.25) is 5.91 Å². The first-order chi connectivity index (χ1) is 14.8. The first-order valence-electron chi connectivity index (χ1n) is 10.2. The number of benzene rings is 3. The summed E-state index contributed by atoms with van der Waals surface area (Å²) in [6.07, 6.45) is 0.977. The molecule has 1 unspecified atom stereocenters. The largest absolute Gasteiger partial charge is 0.480 e. The van der Waals surface area contributed by atoms with Gasteiger partial charge in [0, 0.05) is 13.0 Å². The summed E-state index contributed by atoms with van der Waals surface area (Å²) in [7, 11) is 0. The van der Waals surface area contributed by atoms with Gasteiger partial charge in [0.15, 0.2) is 0 Å². The number of hydrogen-bond donors (Lipinski definition) is 2. The first-order valence-corrected chi connectivity index (χ1v) is 10.2. The van der Waals surface area contributed by atoms with Crippen molar-refractivity contribution in [2.45, 2.75) is 39.3 Å². The van der Waals surface area contributed by atoms with Crippen LogP contribution < -0.4 is 0 Å². The van der Waals surface area contributed by atoms with Crippen LogP contribution in [0.4, 0.5) is 0 Å². The standard InChI is InChI=1S/C25H25NO5/c1-3-4-23(27)26(16(2)24(28)29)15-17-5-6-22-14-21(12-11-20(22)13-17)18-7-9-19(10-8-18)25(30)31/h5-14,16H,3-4,15H2,1-2H3,(H,28,29)(H,30,31). The number of aromatic carboxylic acids is 1. The maximum Gasteiger partial charge on any atom is 0.335 e. The molecule has 1 amide bonds. The van der Waals surface area contributed by atoms with Gasteiger partial charge in [-0.1, -0.05) is 43.3 Å². The molecule has 0 heterocycles. The molecule has 6 heteroatoms. The number of carbonyl (C=O) groups is 3. The van der Waals surface area contributed by atoms with Gasteiger partial charge in [0.25, 0.3) is 0 Å². The molecule has 0 fully saturated rings. The lowest BCUT2D eigenvalue weighted by Crippen LogP contribution is -2.42. The Morgan fingerprint density at radius 3 is 2.10 bits per heavy atom. The van der Waals surface area contributed by atoms with Gasteiger partial charge in [-0.25, -0.2) is 9.59 Å². The van der Waals surface area contributed by atoms with Crippen LogP contribution in [0, 0.1) is 0 Å². The fraction of sp³-hybridized carbons (Fsp3) is 0.240. The zero-order valence-corrected chi connectivity index (χ0v) is 17.5. The Hall–Kier alpha value is -3.67. The monoisotopic (exact) mass is 419 g/mol. The lowest BCUT2D eigenvalue weighted by Gasteiger charge is -2.26. The number of carboxylic acid groups (broad SMARTS) is 2. The highest BCUT2D eigenvalue weighted by atomic mass is 16.4. The normalized spacial score (nSPS) is 11.8. The quantitative estimate of drug-likeness (QED) is 0.546. The highest BCUT2D eigenvalue weighted by Crippen LogP contribution is 2.26. The van der Waals surface area contributed by atoms with E-state index in [9.17, 15) is 19.5 Å². The second-order valence-electron chi connectivity index (χ2n) is 7.56. The minimum absolute atomic E-state index is 0.169. The molecule has 0 aliphatic rings. The molecule has 0 aliphatic heterocycles. The summed E-state index contributed by atoms with van der Waals surface area (Å²) in [6.45, 7) is 3.66. The molecule has 0 aliphatic carbocycles. The smallest absolute Gasteiger partial charge is 0.335 e. The predicted octanol–water partition coefficient (Wildman–Crippen LogP) is 4.81. The Bertz CT molecular complexity index is 1120. The van der Waals surface area contributed by atoms with E-state index in [1.165, 1.54) is 11.8 Å². The van der Waals surface area contributed by atoms with Gasteiger partial charge in [-0.2, -0.15) is 0 Å². The van der Waals surface area contributed by atoms with E-state index in [2.05, 4.69) is 0 Å². The summed E-state index contributed by atoms with van der Waals surface area (Å²) in [5.41, 5.74) is 2.99. The van der Waals surface area contributed by atoms with Crippen LogP contribution in [0.25, 0.3) is 21.9 Å². The van der Waals surface area contributed by atoms with E-state index in [1.807, 2.05) is 43.3 Å². The van der Waals surface area contributed by atoms with Crippen LogP contribution >= 0.6 is 0 Å². The number of carbonyl (C=O) groups excluding carboxylic acids is 1. The summed E-state index contributed by atoms with van der Waals surface area (Å²) in [5, 5.41) is 20.4.